The van der Waals surface area contributed by atoms with E-state index in [2.05, 4.69) is 24.2 Å². The number of hydrogen-bond donors (Lipinski definition) is 1. The lowest BCUT2D eigenvalue weighted by Gasteiger charge is -2.38. The van der Waals surface area contributed by atoms with E-state index in [1.807, 2.05) is 12.1 Å². The van der Waals surface area contributed by atoms with Crippen molar-refractivity contribution in [3.05, 3.63) is 24.3 Å². The van der Waals surface area contributed by atoms with Gasteiger partial charge in [-0.1, -0.05) is 6.92 Å². The molecule has 1 aliphatic rings. The van der Waals surface area contributed by atoms with Crippen LogP contribution in [0, 0.1) is 5.41 Å². The van der Waals surface area contributed by atoms with Crippen LogP contribution in [0.4, 0.5) is 5.69 Å². The van der Waals surface area contributed by atoms with Crippen LogP contribution in [0.2, 0.25) is 0 Å². The molecule has 1 N–H and O–H groups in total. The van der Waals surface area contributed by atoms with Gasteiger partial charge in [-0.2, -0.15) is 0 Å². The minimum absolute atomic E-state index is 0.321. The van der Waals surface area contributed by atoms with E-state index in [0.717, 1.165) is 25.3 Å². The molecule has 0 bridgehead atoms. The van der Waals surface area contributed by atoms with Gasteiger partial charge >= 0.3 is 0 Å². The maximum atomic E-state index is 11.4. The highest BCUT2D eigenvalue weighted by Crippen LogP contribution is 2.30. The number of rotatable bonds is 4. The Morgan fingerprint density at radius 2 is 1.75 bits per heavy atom. The normalized spacial score (nSPS) is 19.8. The van der Waals surface area contributed by atoms with Gasteiger partial charge in [-0.25, -0.2) is 8.42 Å². The Hall–Kier alpha value is -1.07. The van der Waals surface area contributed by atoms with Crippen LogP contribution in [-0.2, 0) is 9.84 Å². The molecule has 0 radical (unpaired) electrons. The van der Waals surface area contributed by atoms with E-state index in [9.17, 15) is 8.42 Å². The first-order valence-corrected chi connectivity index (χ1v) is 8.90. The SMILES string of the molecule is CN1CCC(C)(CNc2ccc(S(C)(=O)=O)cc2)CC1. The number of nitrogens with one attached hydrogen (secondary N) is 1. The average molecular weight is 296 g/mol. The zero-order valence-electron chi connectivity index (χ0n) is 12.5. The molecule has 0 aromatic heterocycles. The fourth-order valence-electron chi connectivity index (χ4n) is 2.47. The fraction of sp³-hybridized carbons (Fsp3) is 0.600. The highest BCUT2D eigenvalue weighted by molar-refractivity contribution is 7.90. The molecule has 0 amide bonds. The third-order valence-corrected chi connectivity index (χ3v) is 5.32. The zero-order chi connectivity index (χ0) is 14.8. The van der Waals surface area contributed by atoms with Gasteiger partial charge in [0.2, 0.25) is 0 Å². The number of benzene rings is 1. The average Bonchev–Trinajstić information content (AvgIpc) is 2.40. The summed E-state index contributed by atoms with van der Waals surface area (Å²) in [5, 5.41) is 3.44. The summed E-state index contributed by atoms with van der Waals surface area (Å²) in [6, 6.07) is 7.01. The van der Waals surface area contributed by atoms with Crippen molar-refractivity contribution in [2.75, 3.05) is 38.3 Å². The van der Waals surface area contributed by atoms with Gasteiger partial charge in [-0.15, -0.1) is 0 Å². The van der Waals surface area contributed by atoms with Gasteiger partial charge in [0.15, 0.2) is 9.84 Å². The van der Waals surface area contributed by atoms with Crippen LogP contribution in [0.15, 0.2) is 29.2 Å². The number of piperidine rings is 1. The molecule has 0 aliphatic carbocycles. The van der Waals surface area contributed by atoms with Crippen molar-refractivity contribution in [1.29, 1.82) is 0 Å². The summed E-state index contributed by atoms with van der Waals surface area (Å²) in [4.78, 5) is 2.73. The molecule has 112 valence electrons. The molecule has 5 heteroatoms. The summed E-state index contributed by atoms with van der Waals surface area (Å²) >= 11 is 0. The van der Waals surface area contributed by atoms with Crippen molar-refractivity contribution >= 4 is 15.5 Å². The van der Waals surface area contributed by atoms with E-state index in [4.69, 9.17) is 0 Å². The maximum absolute atomic E-state index is 11.4. The molecule has 2 rings (SSSR count). The predicted molar refractivity (Wildman–Crippen MR) is 82.9 cm³/mol. The number of nitrogens with zero attached hydrogens (tertiary/aromatic N) is 1. The van der Waals surface area contributed by atoms with Gasteiger partial charge in [0.25, 0.3) is 0 Å². The van der Waals surface area contributed by atoms with Crippen LogP contribution < -0.4 is 5.32 Å². The molecule has 1 aromatic rings. The standard InChI is InChI=1S/C15H24N2O2S/c1-15(8-10-17(2)11-9-15)12-16-13-4-6-14(7-5-13)20(3,18)19/h4-7,16H,8-12H2,1-3H3. The Bertz CT molecular complexity index is 544. The van der Waals surface area contributed by atoms with Gasteiger partial charge in [-0.05, 0) is 62.7 Å². The van der Waals surface area contributed by atoms with Crippen molar-refractivity contribution in [2.24, 2.45) is 5.41 Å². The van der Waals surface area contributed by atoms with Crippen molar-refractivity contribution < 1.29 is 8.42 Å². The molecule has 1 aromatic carbocycles. The third-order valence-electron chi connectivity index (χ3n) is 4.20. The molecular formula is C15H24N2O2S. The van der Waals surface area contributed by atoms with Gasteiger partial charge in [0, 0.05) is 18.5 Å². The molecule has 20 heavy (non-hydrogen) atoms. The topological polar surface area (TPSA) is 49.4 Å². The second kappa shape index (κ2) is 5.74. The summed E-state index contributed by atoms with van der Waals surface area (Å²) in [6.07, 6.45) is 3.62. The first kappa shape index (κ1) is 15.3. The van der Waals surface area contributed by atoms with Gasteiger partial charge in [-0.3, -0.25) is 0 Å². The summed E-state index contributed by atoms with van der Waals surface area (Å²) in [6.45, 7) is 5.54. The molecule has 0 spiro atoms. The molecule has 4 nitrogen and oxygen atoms in total. The van der Waals surface area contributed by atoms with E-state index in [1.54, 1.807) is 12.1 Å². The second-order valence-electron chi connectivity index (χ2n) is 6.26. The Morgan fingerprint density at radius 3 is 2.25 bits per heavy atom. The number of sulfone groups is 1. The van der Waals surface area contributed by atoms with Crippen LogP contribution in [0.1, 0.15) is 19.8 Å². The molecular weight excluding hydrogens is 272 g/mol. The minimum Gasteiger partial charge on any atom is -0.384 e. The van der Waals surface area contributed by atoms with Crippen LogP contribution in [0.5, 0.6) is 0 Å². The van der Waals surface area contributed by atoms with Crippen molar-refractivity contribution in [3.63, 3.8) is 0 Å². The van der Waals surface area contributed by atoms with E-state index < -0.39 is 9.84 Å². The van der Waals surface area contributed by atoms with Crippen LogP contribution >= 0.6 is 0 Å². The molecule has 1 aliphatic heterocycles. The fourth-order valence-corrected chi connectivity index (χ4v) is 3.10. The predicted octanol–water partition coefficient (Wildman–Crippen LogP) is 2.23. The third kappa shape index (κ3) is 3.96. The smallest absolute Gasteiger partial charge is 0.175 e. The van der Waals surface area contributed by atoms with Gasteiger partial charge in [0.05, 0.1) is 4.90 Å². The largest absolute Gasteiger partial charge is 0.384 e. The summed E-state index contributed by atoms with van der Waals surface area (Å²) in [5.41, 5.74) is 1.31. The monoisotopic (exact) mass is 296 g/mol. The van der Waals surface area contributed by atoms with Gasteiger partial charge < -0.3 is 10.2 Å². The Morgan fingerprint density at radius 1 is 1.20 bits per heavy atom. The quantitative estimate of drug-likeness (QED) is 0.926. The summed E-state index contributed by atoms with van der Waals surface area (Å²) < 4.78 is 22.8. The summed E-state index contributed by atoms with van der Waals surface area (Å²) in [5.74, 6) is 0. The summed E-state index contributed by atoms with van der Waals surface area (Å²) in [7, 11) is -0.943. The first-order chi connectivity index (χ1) is 9.28. The van der Waals surface area contributed by atoms with E-state index in [-0.39, 0.29) is 0 Å². The van der Waals surface area contributed by atoms with Crippen LogP contribution in [-0.4, -0.2) is 46.3 Å². The lowest BCUT2D eigenvalue weighted by atomic mass is 9.80. The number of hydrogen-bond acceptors (Lipinski definition) is 4. The Kier molecular flexibility index (Phi) is 4.39. The Labute approximate surface area is 122 Å². The highest BCUT2D eigenvalue weighted by Gasteiger charge is 2.28. The van der Waals surface area contributed by atoms with Gasteiger partial charge in [0.1, 0.15) is 0 Å². The van der Waals surface area contributed by atoms with Crippen LogP contribution in [0.3, 0.4) is 0 Å². The number of anilines is 1. The molecule has 1 saturated heterocycles. The van der Waals surface area contributed by atoms with Crippen molar-refractivity contribution in [1.82, 2.24) is 4.90 Å². The minimum atomic E-state index is -3.11. The lowest BCUT2D eigenvalue weighted by molar-refractivity contribution is 0.150. The first-order valence-electron chi connectivity index (χ1n) is 7.01. The molecule has 1 heterocycles. The van der Waals surface area contributed by atoms with Crippen molar-refractivity contribution in [3.8, 4) is 0 Å². The molecule has 1 fully saturated rings. The van der Waals surface area contributed by atoms with E-state index in [1.165, 1.54) is 19.1 Å². The highest BCUT2D eigenvalue weighted by atomic mass is 32.2. The Balaban J connectivity index is 1.94. The molecule has 0 atom stereocenters. The molecule has 0 unspecified atom stereocenters. The molecule has 0 saturated carbocycles. The van der Waals surface area contributed by atoms with E-state index in [0.29, 0.717) is 10.3 Å². The second-order valence-corrected chi connectivity index (χ2v) is 8.28. The van der Waals surface area contributed by atoms with Crippen molar-refractivity contribution in [2.45, 2.75) is 24.7 Å². The number of likely N-dealkylation sites (tertiary alicyclic amines) is 1. The lowest BCUT2D eigenvalue weighted by Crippen LogP contribution is -2.40. The zero-order valence-corrected chi connectivity index (χ0v) is 13.3. The van der Waals surface area contributed by atoms with E-state index >= 15 is 0 Å². The maximum Gasteiger partial charge on any atom is 0.175 e. The van der Waals surface area contributed by atoms with Crippen LogP contribution in [0.25, 0.3) is 0 Å².